The maximum Gasteiger partial charge on any atom is 0.320 e. The predicted molar refractivity (Wildman–Crippen MR) is 119 cm³/mol. The van der Waals surface area contributed by atoms with Crippen LogP contribution >= 0.6 is 24.0 Å². The highest BCUT2D eigenvalue weighted by Gasteiger charge is 2.45. The summed E-state index contributed by atoms with van der Waals surface area (Å²) in [6, 6.07) is 2.20. The van der Waals surface area contributed by atoms with Crippen LogP contribution in [0.4, 0.5) is 0 Å². The molecule has 2 rings (SSSR count). The number of thiocarbonyl (C=S) groups is 1. The molecule has 1 aliphatic heterocycles. The van der Waals surface area contributed by atoms with Gasteiger partial charge in [-0.3, -0.25) is 19.3 Å². The van der Waals surface area contributed by atoms with Gasteiger partial charge in [0.25, 0.3) is 5.91 Å². The first-order valence-corrected chi connectivity index (χ1v) is 10.4. The summed E-state index contributed by atoms with van der Waals surface area (Å²) in [7, 11) is 4.40. The maximum atomic E-state index is 13.1. The van der Waals surface area contributed by atoms with E-state index in [2.05, 4.69) is 0 Å². The number of ether oxygens (including phenoxy) is 3. The highest BCUT2D eigenvalue weighted by molar-refractivity contribution is 8.26. The van der Waals surface area contributed by atoms with Crippen molar-refractivity contribution in [3.05, 3.63) is 22.6 Å². The number of hydrogen-bond acceptors (Lipinski definition) is 8. The topological polar surface area (TPSA) is 123 Å². The van der Waals surface area contributed by atoms with Crippen LogP contribution in [0.1, 0.15) is 25.3 Å². The minimum Gasteiger partial charge on any atom is -0.493 e. The van der Waals surface area contributed by atoms with Crippen LogP contribution in [0.25, 0.3) is 6.08 Å². The van der Waals surface area contributed by atoms with Gasteiger partial charge in [0.1, 0.15) is 4.32 Å². The summed E-state index contributed by atoms with van der Waals surface area (Å²) < 4.78 is 16.0. The van der Waals surface area contributed by atoms with E-state index in [0.717, 1.165) is 16.7 Å². The molecule has 1 aromatic carbocycles. The molecule has 1 atom stereocenters. The van der Waals surface area contributed by atoms with Gasteiger partial charge >= 0.3 is 11.9 Å². The molecule has 1 unspecified atom stereocenters. The molecule has 2 N–H and O–H groups in total. The Labute approximate surface area is 189 Å². The predicted octanol–water partition coefficient (Wildman–Crippen LogP) is 2.87. The number of carboxylic acids is 2. The van der Waals surface area contributed by atoms with Gasteiger partial charge in [0.2, 0.25) is 5.75 Å². The summed E-state index contributed by atoms with van der Waals surface area (Å²) >= 11 is 6.28. The van der Waals surface area contributed by atoms with Crippen molar-refractivity contribution < 1.29 is 38.8 Å². The van der Waals surface area contributed by atoms with Crippen LogP contribution in [-0.2, 0) is 14.4 Å². The number of hydrogen-bond donors (Lipinski definition) is 2. The summed E-state index contributed by atoms with van der Waals surface area (Å²) in [5, 5.41) is 18.8. The standard InChI is InChI=1S/C20H23NO8S2/c1-5-6-11(15(18(23)24)19(25)26)21-17(22)14(31-20(21)30)9-10-7-12(27-2)16(29-4)13(8-10)28-3/h7-9,11,15H,5-6H2,1-4H3,(H,23,24)(H,25,26)/b14-9-. The Balaban J connectivity index is 2.48. The van der Waals surface area contributed by atoms with Crippen molar-refractivity contribution in [2.24, 2.45) is 5.92 Å². The number of carbonyl (C=O) groups excluding carboxylic acids is 1. The van der Waals surface area contributed by atoms with Gasteiger partial charge in [-0.2, -0.15) is 0 Å². The van der Waals surface area contributed by atoms with E-state index in [1.165, 1.54) is 21.3 Å². The van der Waals surface area contributed by atoms with Crippen molar-refractivity contribution in [3.63, 3.8) is 0 Å². The number of carbonyl (C=O) groups is 3. The fourth-order valence-electron chi connectivity index (χ4n) is 3.28. The Kier molecular flexibility index (Phi) is 8.28. The molecule has 0 radical (unpaired) electrons. The van der Waals surface area contributed by atoms with E-state index in [0.29, 0.717) is 29.2 Å². The van der Waals surface area contributed by atoms with Gasteiger partial charge in [-0.25, -0.2) is 0 Å². The van der Waals surface area contributed by atoms with Gasteiger partial charge in [-0.1, -0.05) is 37.3 Å². The molecule has 1 saturated heterocycles. The highest BCUT2D eigenvalue weighted by atomic mass is 32.2. The van der Waals surface area contributed by atoms with E-state index in [1.54, 1.807) is 25.1 Å². The lowest BCUT2D eigenvalue weighted by Gasteiger charge is -2.29. The van der Waals surface area contributed by atoms with E-state index in [-0.39, 0.29) is 15.6 Å². The zero-order valence-electron chi connectivity index (χ0n) is 17.4. The molecule has 0 spiro atoms. The van der Waals surface area contributed by atoms with Crippen LogP contribution in [0.2, 0.25) is 0 Å². The summed E-state index contributed by atoms with van der Waals surface area (Å²) in [5.74, 6) is -4.20. The first-order chi connectivity index (χ1) is 14.7. The van der Waals surface area contributed by atoms with E-state index >= 15 is 0 Å². The van der Waals surface area contributed by atoms with Crippen LogP contribution in [0, 0.1) is 5.92 Å². The summed E-state index contributed by atoms with van der Waals surface area (Å²) in [6.45, 7) is 1.77. The van der Waals surface area contributed by atoms with Gasteiger partial charge in [0.05, 0.1) is 32.3 Å². The van der Waals surface area contributed by atoms with E-state index in [9.17, 15) is 24.6 Å². The Hall–Kier alpha value is -2.79. The molecule has 0 bridgehead atoms. The van der Waals surface area contributed by atoms with Crippen molar-refractivity contribution in [2.45, 2.75) is 25.8 Å². The number of benzene rings is 1. The zero-order valence-corrected chi connectivity index (χ0v) is 19.0. The van der Waals surface area contributed by atoms with Crippen LogP contribution in [-0.4, -0.2) is 64.7 Å². The van der Waals surface area contributed by atoms with E-state index in [1.807, 2.05) is 0 Å². The SMILES string of the molecule is CCCC(C(C(=O)O)C(=O)O)N1C(=O)/C(=C/c2cc(OC)c(OC)c(OC)c2)SC1=S. The Morgan fingerprint density at radius 2 is 1.68 bits per heavy atom. The van der Waals surface area contributed by atoms with Crippen LogP contribution < -0.4 is 14.2 Å². The summed E-state index contributed by atoms with van der Waals surface area (Å²) in [6.07, 6.45) is 2.21. The molecular weight excluding hydrogens is 446 g/mol. The summed E-state index contributed by atoms with van der Waals surface area (Å²) in [4.78, 5) is 37.6. The second-order valence-electron chi connectivity index (χ2n) is 6.52. The molecule has 0 aliphatic carbocycles. The number of rotatable bonds is 10. The van der Waals surface area contributed by atoms with Crippen LogP contribution in [0.5, 0.6) is 17.2 Å². The second kappa shape index (κ2) is 10.5. The Morgan fingerprint density at radius 3 is 2.10 bits per heavy atom. The molecule has 1 aromatic rings. The van der Waals surface area contributed by atoms with E-state index in [4.69, 9.17) is 26.4 Å². The monoisotopic (exact) mass is 469 g/mol. The van der Waals surface area contributed by atoms with Gasteiger partial charge in [-0.15, -0.1) is 0 Å². The molecule has 31 heavy (non-hydrogen) atoms. The fourth-order valence-corrected chi connectivity index (χ4v) is 4.65. The number of amides is 1. The smallest absolute Gasteiger partial charge is 0.320 e. The number of nitrogens with zero attached hydrogens (tertiary/aromatic N) is 1. The van der Waals surface area contributed by atoms with Gasteiger partial charge < -0.3 is 24.4 Å². The molecule has 1 heterocycles. The average molecular weight is 470 g/mol. The number of thioether (sulfide) groups is 1. The first-order valence-electron chi connectivity index (χ1n) is 9.22. The average Bonchev–Trinajstić information content (AvgIpc) is 2.98. The van der Waals surface area contributed by atoms with Crippen LogP contribution in [0.3, 0.4) is 0 Å². The third-order valence-electron chi connectivity index (χ3n) is 4.64. The van der Waals surface area contributed by atoms with Gasteiger partial charge in [0.15, 0.2) is 17.4 Å². The third kappa shape index (κ3) is 5.10. The minimum atomic E-state index is -1.79. The van der Waals surface area contributed by atoms with Gasteiger partial charge in [0, 0.05) is 0 Å². The second-order valence-corrected chi connectivity index (χ2v) is 8.20. The Bertz CT molecular complexity index is 891. The molecule has 0 saturated carbocycles. The summed E-state index contributed by atoms with van der Waals surface area (Å²) in [5.41, 5.74) is 0.565. The van der Waals surface area contributed by atoms with Gasteiger partial charge in [-0.05, 0) is 30.2 Å². The van der Waals surface area contributed by atoms with Crippen molar-refractivity contribution in [1.29, 1.82) is 0 Å². The lowest BCUT2D eigenvalue weighted by Crippen LogP contribution is -2.48. The zero-order chi connectivity index (χ0) is 23.3. The molecule has 1 amide bonds. The fraction of sp³-hybridized carbons (Fsp3) is 0.400. The number of aliphatic carboxylic acids is 2. The van der Waals surface area contributed by atoms with Crippen molar-refractivity contribution in [2.75, 3.05) is 21.3 Å². The largest absolute Gasteiger partial charge is 0.493 e. The molecular formula is C20H23NO8S2. The molecule has 168 valence electrons. The minimum absolute atomic E-state index is 0.106. The first kappa shape index (κ1) is 24.5. The normalized spacial score (nSPS) is 16.0. The van der Waals surface area contributed by atoms with E-state index < -0.39 is 29.8 Å². The molecule has 11 heteroatoms. The lowest BCUT2D eigenvalue weighted by molar-refractivity contribution is -0.157. The maximum absolute atomic E-state index is 13.1. The van der Waals surface area contributed by atoms with Crippen LogP contribution in [0.15, 0.2) is 17.0 Å². The molecule has 1 aliphatic rings. The molecule has 9 nitrogen and oxygen atoms in total. The third-order valence-corrected chi connectivity index (χ3v) is 5.97. The van der Waals surface area contributed by atoms with Crippen molar-refractivity contribution in [1.82, 2.24) is 4.90 Å². The molecule has 1 fully saturated rings. The molecule has 0 aromatic heterocycles. The highest BCUT2D eigenvalue weighted by Crippen LogP contribution is 2.41. The lowest BCUT2D eigenvalue weighted by atomic mass is 9.94. The van der Waals surface area contributed by atoms with Crippen molar-refractivity contribution >= 4 is 52.2 Å². The van der Waals surface area contributed by atoms with Crippen molar-refractivity contribution in [3.8, 4) is 17.2 Å². The number of methoxy groups -OCH3 is 3. The quantitative estimate of drug-likeness (QED) is 0.300. The number of carboxylic acid groups (broad SMARTS) is 2. The Morgan fingerprint density at radius 1 is 1.13 bits per heavy atom.